The van der Waals surface area contributed by atoms with Gasteiger partial charge in [0.1, 0.15) is 11.2 Å². The molecule has 1 aliphatic rings. The predicted molar refractivity (Wildman–Crippen MR) is 210 cm³/mol. The van der Waals surface area contributed by atoms with Crippen molar-refractivity contribution in [2.45, 2.75) is 19.3 Å². The summed E-state index contributed by atoms with van der Waals surface area (Å²) in [6.07, 6.45) is 0. The van der Waals surface area contributed by atoms with Crippen LogP contribution < -0.4 is 0 Å². The number of hydrogen-bond donors (Lipinski definition) is 0. The minimum atomic E-state index is -0.193. The molecule has 4 heteroatoms. The molecule has 10 aromatic rings. The SMILES string of the molecule is CC1(C)c2ccc3c(oc4ccccc43)c2-c2c1ccc1c3ccccc3n(-c3ccc(-c4nc(-c5ccccc5)c5ccccc5n4)cc3)c21. The molecule has 0 saturated heterocycles. The van der Waals surface area contributed by atoms with Crippen molar-refractivity contribution in [3.63, 3.8) is 0 Å². The minimum absolute atomic E-state index is 0.193. The molecule has 51 heavy (non-hydrogen) atoms. The maximum atomic E-state index is 6.73. The Hall–Kier alpha value is -6.52. The number of rotatable bonds is 3. The van der Waals surface area contributed by atoms with Crippen LogP contribution in [0.15, 0.2) is 156 Å². The summed E-state index contributed by atoms with van der Waals surface area (Å²) in [5, 5.41) is 5.81. The van der Waals surface area contributed by atoms with Crippen molar-refractivity contribution < 1.29 is 4.42 Å². The molecule has 0 radical (unpaired) electrons. The number of para-hydroxylation sites is 3. The maximum Gasteiger partial charge on any atom is 0.160 e. The molecule has 11 rings (SSSR count). The van der Waals surface area contributed by atoms with Crippen molar-refractivity contribution in [1.82, 2.24) is 14.5 Å². The summed E-state index contributed by atoms with van der Waals surface area (Å²) < 4.78 is 9.17. The lowest BCUT2D eigenvalue weighted by Crippen LogP contribution is -2.14. The van der Waals surface area contributed by atoms with Gasteiger partial charge in [-0.15, -0.1) is 0 Å². The van der Waals surface area contributed by atoms with E-state index in [1.54, 1.807) is 0 Å². The van der Waals surface area contributed by atoms with E-state index in [2.05, 4.69) is 146 Å². The fourth-order valence-electron chi connectivity index (χ4n) is 8.58. The third kappa shape index (κ3) is 3.90. The van der Waals surface area contributed by atoms with Crippen molar-refractivity contribution in [3.05, 3.63) is 163 Å². The zero-order chi connectivity index (χ0) is 33.8. The molecular weight excluding hydrogens is 623 g/mol. The van der Waals surface area contributed by atoms with E-state index in [1.165, 1.54) is 44.1 Å². The Morgan fingerprint density at radius 3 is 2.00 bits per heavy atom. The monoisotopic (exact) mass is 653 g/mol. The fourth-order valence-corrected chi connectivity index (χ4v) is 8.58. The minimum Gasteiger partial charge on any atom is -0.455 e. The van der Waals surface area contributed by atoms with Gasteiger partial charge < -0.3 is 8.98 Å². The quantitative estimate of drug-likeness (QED) is 0.191. The van der Waals surface area contributed by atoms with Gasteiger partial charge in [0, 0.05) is 60.3 Å². The molecule has 3 aromatic heterocycles. The fraction of sp³-hybridized carbons (Fsp3) is 0.0638. The van der Waals surface area contributed by atoms with Crippen LogP contribution in [-0.4, -0.2) is 14.5 Å². The van der Waals surface area contributed by atoms with Crippen molar-refractivity contribution in [3.8, 4) is 39.5 Å². The van der Waals surface area contributed by atoms with Gasteiger partial charge in [-0.05, 0) is 53.6 Å². The number of fused-ring (bicyclic) bond motifs is 12. The topological polar surface area (TPSA) is 43.9 Å². The van der Waals surface area contributed by atoms with E-state index in [4.69, 9.17) is 14.4 Å². The summed E-state index contributed by atoms with van der Waals surface area (Å²) in [6, 6.07) is 53.7. The average molecular weight is 654 g/mol. The van der Waals surface area contributed by atoms with Crippen LogP contribution in [0.3, 0.4) is 0 Å². The molecule has 0 spiro atoms. The standard InChI is InChI=1S/C47H31N3O/c1-47(2)36-26-24-33-31-14-7-10-18-39(31)50(44(33)41(36)42-37(47)27-25-34-32-15-8-11-19-40(32)51-45(34)42)30-22-20-29(21-23-30)46-48-38-17-9-6-16-35(38)43(49-46)28-12-4-3-5-13-28/h3-27H,1-2H3. The molecule has 1 aliphatic carbocycles. The summed E-state index contributed by atoms with van der Waals surface area (Å²) >= 11 is 0. The first kappa shape index (κ1) is 28.3. The molecule has 0 unspecified atom stereocenters. The second-order valence-electron chi connectivity index (χ2n) is 14.2. The largest absolute Gasteiger partial charge is 0.455 e. The molecule has 0 amide bonds. The molecule has 0 aliphatic heterocycles. The molecular formula is C47H31N3O. The highest BCUT2D eigenvalue weighted by Gasteiger charge is 2.40. The third-order valence-electron chi connectivity index (χ3n) is 11.0. The molecule has 0 bridgehead atoms. The Bertz CT molecular complexity index is 3040. The highest BCUT2D eigenvalue weighted by molar-refractivity contribution is 6.20. The highest BCUT2D eigenvalue weighted by atomic mass is 16.3. The van der Waals surface area contributed by atoms with Gasteiger partial charge in [-0.2, -0.15) is 0 Å². The summed E-state index contributed by atoms with van der Waals surface area (Å²) in [5.74, 6) is 0.713. The maximum absolute atomic E-state index is 6.73. The lowest BCUT2D eigenvalue weighted by atomic mass is 9.82. The van der Waals surface area contributed by atoms with Crippen molar-refractivity contribution in [2.75, 3.05) is 0 Å². The Balaban J connectivity index is 1.16. The van der Waals surface area contributed by atoms with Crippen molar-refractivity contribution in [2.24, 2.45) is 0 Å². The molecule has 7 aromatic carbocycles. The van der Waals surface area contributed by atoms with E-state index in [0.29, 0.717) is 5.82 Å². The van der Waals surface area contributed by atoms with E-state index in [0.717, 1.165) is 55.3 Å². The second-order valence-corrected chi connectivity index (χ2v) is 14.2. The Morgan fingerprint density at radius 1 is 0.510 bits per heavy atom. The van der Waals surface area contributed by atoms with E-state index < -0.39 is 0 Å². The van der Waals surface area contributed by atoms with Crippen molar-refractivity contribution >= 4 is 54.6 Å². The summed E-state index contributed by atoms with van der Waals surface area (Å²) in [4.78, 5) is 10.2. The first-order chi connectivity index (χ1) is 25.1. The van der Waals surface area contributed by atoms with E-state index in [1.807, 2.05) is 24.3 Å². The zero-order valence-electron chi connectivity index (χ0n) is 28.2. The van der Waals surface area contributed by atoms with E-state index in [9.17, 15) is 0 Å². The molecule has 0 atom stereocenters. The second kappa shape index (κ2) is 10.3. The van der Waals surface area contributed by atoms with Crippen LogP contribution in [0.4, 0.5) is 0 Å². The third-order valence-corrected chi connectivity index (χ3v) is 11.0. The summed E-state index contributed by atoms with van der Waals surface area (Å²) in [5.41, 5.74) is 14.1. The normalized spacial score (nSPS) is 13.5. The predicted octanol–water partition coefficient (Wildman–Crippen LogP) is 12.3. The van der Waals surface area contributed by atoms with Gasteiger partial charge in [0.25, 0.3) is 0 Å². The summed E-state index contributed by atoms with van der Waals surface area (Å²) in [6.45, 7) is 4.68. The van der Waals surface area contributed by atoms with Crippen LogP contribution in [-0.2, 0) is 5.41 Å². The number of aromatic nitrogens is 3. The first-order valence-corrected chi connectivity index (χ1v) is 17.5. The lowest BCUT2D eigenvalue weighted by molar-refractivity contribution is 0.653. The molecule has 3 heterocycles. The number of nitrogens with zero attached hydrogens (tertiary/aromatic N) is 3. The Labute approximate surface area is 294 Å². The van der Waals surface area contributed by atoms with Gasteiger partial charge in [-0.25, -0.2) is 9.97 Å². The average Bonchev–Trinajstić information content (AvgIpc) is 3.80. The van der Waals surface area contributed by atoms with Crippen LogP contribution in [0.5, 0.6) is 0 Å². The number of hydrogen-bond acceptors (Lipinski definition) is 3. The zero-order valence-corrected chi connectivity index (χ0v) is 28.2. The molecule has 4 nitrogen and oxygen atoms in total. The summed E-state index contributed by atoms with van der Waals surface area (Å²) in [7, 11) is 0. The first-order valence-electron chi connectivity index (χ1n) is 17.5. The Morgan fingerprint density at radius 2 is 1.18 bits per heavy atom. The van der Waals surface area contributed by atoms with Crippen LogP contribution in [0.2, 0.25) is 0 Å². The Kier molecular flexibility index (Phi) is 5.70. The molecule has 0 N–H and O–H groups in total. The molecule has 240 valence electrons. The van der Waals surface area contributed by atoms with Crippen LogP contribution >= 0.6 is 0 Å². The smallest absolute Gasteiger partial charge is 0.160 e. The number of furan rings is 1. The van der Waals surface area contributed by atoms with Crippen LogP contribution in [0.1, 0.15) is 25.0 Å². The highest BCUT2D eigenvalue weighted by Crippen LogP contribution is 2.56. The van der Waals surface area contributed by atoms with E-state index >= 15 is 0 Å². The lowest BCUT2D eigenvalue weighted by Gasteiger charge is -2.21. The van der Waals surface area contributed by atoms with Gasteiger partial charge in [0.2, 0.25) is 0 Å². The van der Waals surface area contributed by atoms with E-state index in [-0.39, 0.29) is 5.41 Å². The van der Waals surface area contributed by atoms with Gasteiger partial charge >= 0.3 is 0 Å². The van der Waals surface area contributed by atoms with Crippen LogP contribution in [0.25, 0.3) is 94.1 Å². The molecule has 0 fully saturated rings. The molecule has 0 saturated carbocycles. The van der Waals surface area contributed by atoms with Gasteiger partial charge in [-0.1, -0.05) is 123 Å². The van der Waals surface area contributed by atoms with Gasteiger partial charge in [-0.3, -0.25) is 0 Å². The number of benzene rings is 7. The van der Waals surface area contributed by atoms with Gasteiger partial charge in [0.05, 0.1) is 22.2 Å². The van der Waals surface area contributed by atoms with Gasteiger partial charge in [0.15, 0.2) is 5.82 Å². The van der Waals surface area contributed by atoms with Crippen LogP contribution in [0, 0.1) is 0 Å². The van der Waals surface area contributed by atoms with Crippen molar-refractivity contribution in [1.29, 1.82) is 0 Å².